The van der Waals surface area contributed by atoms with E-state index in [1.165, 1.54) is 12.1 Å². The van der Waals surface area contributed by atoms with Crippen LogP contribution >= 0.6 is 0 Å². The van der Waals surface area contributed by atoms with Crippen LogP contribution in [0.5, 0.6) is 11.5 Å². The molecule has 3 aromatic carbocycles. The number of rotatable bonds is 5. The predicted octanol–water partition coefficient (Wildman–Crippen LogP) is 6.40. The van der Waals surface area contributed by atoms with Crippen molar-refractivity contribution < 1.29 is 40.2 Å². The largest absolute Gasteiger partial charge is 0.494 e. The summed E-state index contributed by atoms with van der Waals surface area (Å²) in [5.41, 5.74) is -0.0641. The molecular weight excluding hydrogens is 405 g/mol. The van der Waals surface area contributed by atoms with Crippen LogP contribution in [0.1, 0.15) is 6.92 Å². The highest BCUT2D eigenvalue weighted by Gasteiger charge is 2.30. The fourth-order valence-corrected chi connectivity index (χ4v) is 2.82. The van der Waals surface area contributed by atoms with Gasteiger partial charge in [0.2, 0.25) is 0 Å². The minimum atomic E-state index is -4.83. The van der Waals surface area contributed by atoms with E-state index in [4.69, 9.17) is 4.74 Å². The Morgan fingerprint density at radius 1 is 0.828 bits per heavy atom. The van der Waals surface area contributed by atoms with Gasteiger partial charge >= 0.3 is 6.18 Å². The predicted molar refractivity (Wildman–Crippen MR) is 91.9 cm³/mol. The maximum absolute atomic E-state index is 14.5. The summed E-state index contributed by atoms with van der Waals surface area (Å²) in [6.07, 6.45) is -4.83. The maximum atomic E-state index is 14.5. The van der Waals surface area contributed by atoms with Crippen LogP contribution in [0.3, 0.4) is 0 Å². The molecule has 29 heavy (non-hydrogen) atoms. The van der Waals surface area contributed by atoms with Crippen LogP contribution < -0.4 is 9.47 Å². The first-order chi connectivity index (χ1) is 13.6. The number of ether oxygens (including phenoxy) is 2. The average Bonchev–Trinajstić information content (AvgIpc) is 2.60. The van der Waals surface area contributed by atoms with Crippen molar-refractivity contribution in [2.45, 2.75) is 13.1 Å². The second kappa shape index (κ2) is 7.81. The third-order valence-electron chi connectivity index (χ3n) is 3.98. The topological polar surface area (TPSA) is 18.5 Å². The molecule has 0 heterocycles. The molecule has 0 aromatic heterocycles. The average molecular weight is 418 g/mol. The number of halogens is 7. The Bertz CT molecular complexity index is 1060. The number of benzene rings is 3. The lowest BCUT2D eigenvalue weighted by Gasteiger charge is -2.14. The molecule has 0 aliphatic carbocycles. The summed E-state index contributed by atoms with van der Waals surface area (Å²) in [7, 11) is 0. The molecule has 0 N–H and O–H groups in total. The highest BCUT2D eigenvalue weighted by molar-refractivity contribution is 5.90. The van der Waals surface area contributed by atoms with E-state index < -0.39 is 47.2 Å². The number of fused-ring (bicyclic) bond motifs is 1. The van der Waals surface area contributed by atoms with Crippen LogP contribution in [0.15, 0.2) is 36.4 Å². The van der Waals surface area contributed by atoms with Crippen molar-refractivity contribution in [3.63, 3.8) is 0 Å². The van der Waals surface area contributed by atoms with Gasteiger partial charge in [-0.05, 0) is 48.2 Å². The summed E-state index contributed by atoms with van der Waals surface area (Å²) in [6.45, 7) is 0.0738. The number of alkyl halides is 3. The van der Waals surface area contributed by atoms with E-state index in [0.717, 1.165) is 18.2 Å². The third kappa shape index (κ3) is 4.38. The van der Waals surface area contributed by atoms with Gasteiger partial charge in [-0.3, -0.25) is 0 Å². The van der Waals surface area contributed by atoms with E-state index in [1.54, 1.807) is 6.92 Å². The van der Waals surface area contributed by atoms with Crippen LogP contribution in [-0.2, 0) is 0 Å². The van der Waals surface area contributed by atoms with Gasteiger partial charge in [-0.1, -0.05) is 0 Å². The van der Waals surface area contributed by atoms with Crippen molar-refractivity contribution in [3.8, 4) is 22.6 Å². The van der Waals surface area contributed by atoms with Crippen molar-refractivity contribution >= 4 is 10.8 Å². The molecule has 3 rings (SSSR count). The molecule has 0 saturated carbocycles. The van der Waals surface area contributed by atoms with E-state index in [1.807, 2.05) is 0 Å². The Kier molecular flexibility index (Phi) is 5.59. The van der Waals surface area contributed by atoms with Gasteiger partial charge in [-0.15, -0.1) is 0 Å². The van der Waals surface area contributed by atoms with Crippen LogP contribution in [0, 0.1) is 23.3 Å². The monoisotopic (exact) mass is 418 g/mol. The SMILES string of the molecule is CCOc1ccc(-c2cc(F)c3c(F)c(OCC(F)(F)F)c(F)cc3c2)c(F)c1. The fraction of sp³-hybridized carbons (Fsp3) is 0.200. The molecule has 0 aliphatic rings. The van der Waals surface area contributed by atoms with Crippen molar-refractivity contribution in [2.24, 2.45) is 0 Å². The molecule has 9 heteroatoms. The quantitative estimate of drug-likeness (QED) is 0.446. The molecule has 154 valence electrons. The first-order valence-corrected chi connectivity index (χ1v) is 8.34. The summed E-state index contributed by atoms with van der Waals surface area (Å²) in [5.74, 6) is -6.10. The minimum absolute atomic E-state index is 0.0155. The van der Waals surface area contributed by atoms with Crippen LogP contribution in [0.2, 0.25) is 0 Å². The molecule has 0 bridgehead atoms. The van der Waals surface area contributed by atoms with Gasteiger partial charge in [0.05, 0.1) is 12.0 Å². The van der Waals surface area contributed by atoms with E-state index >= 15 is 0 Å². The van der Waals surface area contributed by atoms with E-state index in [9.17, 15) is 30.7 Å². The van der Waals surface area contributed by atoms with E-state index in [2.05, 4.69) is 4.74 Å². The number of hydrogen-bond donors (Lipinski definition) is 0. The Balaban J connectivity index is 2.08. The second-order valence-electron chi connectivity index (χ2n) is 6.04. The molecule has 0 aliphatic heterocycles. The molecule has 0 unspecified atom stereocenters. The van der Waals surface area contributed by atoms with E-state index in [0.29, 0.717) is 12.7 Å². The summed E-state index contributed by atoms with van der Waals surface area (Å²) < 4.78 is 104. The summed E-state index contributed by atoms with van der Waals surface area (Å²) in [5, 5.41) is -1.07. The lowest BCUT2D eigenvalue weighted by Crippen LogP contribution is -2.20. The van der Waals surface area contributed by atoms with Crippen LogP contribution in [0.4, 0.5) is 30.7 Å². The third-order valence-corrected chi connectivity index (χ3v) is 3.98. The number of hydrogen-bond acceptors (Lipinski definition) is 2. The first kappa shape index (κ1) is 20.8. The minimum Gasteiger partial charge on any atom is -0.494 e. The van der Waals surface area contributed by atoms with Gasteiger partial charge in [0.1, 0.15) is 17.4 Å². The molecule has 0 amide bonds. The zero-order valence-corrected chi connectivity index (χ0v) is 14.8. The molecular formula is C20H13F7O2. The van der Waals surface area contributed by atoms with Crippen molar-refractivity contribution in [2.75, 3.05) is 13.2 Å². The smallest absolute Gasteiger partial charge is 0.422 e. The highest BCUT2D eigenvalue weighted by Crippen LogP contribution is 2.36. The molecule has 3 aromatic rings. The Morgan fingerprint density at radius 3 is 2.17 bits per heavy atom. The summed E-state index contributed by atoms with van der Waals surface area (Å²) in [4.78, 5) is 0. The molecule has 0 atom stereocenters. The summed E-state index contributed by atoms with van der Waals surface area (Å²) >= 11 is 0. The lowest BCUT2D eigenvalue weighted by atomic mass is 9.99. The second-order valence-corrected chi connectivity index (χ2v) is 6.04. The van der Waals surface area contributed by atoms with Gasteiger partial charge < -0.3 is 9.47 Å². The molecule has 0 fully saturated rings. The Labute approximate surface area is 160 Å². The van der Waals surface area contributed by atoms with Gasteiger partial charge in [-0.25, -0.2) is 17.6 Å². The Hall–Kier alpha value is -2.97. The van der Waals surface area contributed by atoms with Crippen LogP contribution in [0.25, 0.3) is 21.9 Å². The van der Waals surface area contributed by atoms with Crippen molar-refractivity contribution in [1.29, 1.82) is 0 Å². The maximum Gasteiger partial charge on any atom is 0.422 e. The normalized spacial score (nSPS) is 11.7. The molecule has 0 radical (unpaired) electrons. The fourth-order valence-electron chi connectivity index (χ4n) is 2.82. The summed E-state index contributed by atoms with van der Waals surface area (Å²) in [6, 6.07) is 6.39. The zero-order chi connectivity index (χ0) is 21.3. The lowest BCUT2D eigenvalue weighted by molar-refractivity contribution is -0.154. The van der Waals surface area contributed by atoms with Crippen molar-refractivity contribution in [3.05, 3.63) is 59.7 Å². The van der Waals surface area contributed by atoms with Gasteiger partial charge in [0.15, 0.2) is 24.0 Å². The molecule has 0 spiro atoms. The van der Waals surface area contributed by atoms with Gasteiger partial charge in [0, 0.05) is 11.6 Å². The van der Waals surface area contributed by atoms with Gasteiger partial charge in [-0.2, -0.15) is 13.2 Å². The van der Waals surface area contributed by atoms with E-state index in [-0.39, 0.29) is 22.3 Å². The first-order valence-electron chi connectivity index (χ1n) is 8.34. The molecule has 0 saturated heterocycles. The van der Waals surface area contributed by atoms with Crippen LogP contribution in [-0.4, -0.2) is 19.4 Å². The standard InChI is InChI=1S/C20H13F7O2/c1-2-28-12-3-4-13(14(21)8-12)10-5-11-7-16(23)19(29-9-20(25,26)27)18(24)17(11)15(22)6-10/h3-8H,2,9H2,1H3. The zero-order valence-electron chi connectivity index (χ0n) is 14.8. The molecule has 2 nitrogen and oxygen atoms in total. The van der Waals surface area contributed by atoms with Gasteiger partial charge in [0.25, 0.3) is 0 Å². The highest BCUT2D eigenvalue weighted by atomic mass is 19.4. The van der Waals surface area contributed by atoms with Crippen molar-refractivity contribution in [1.82, 2.24) is 0 Å². The Morgan fingerprint density at radius 2 is 1.55 bits per heavy atom.